The first-order chi connectivity index (χ1) is 35.7. The Hall–Kier alpha value is -7.32. The van der Waals surface area contributed by atoms with Crippen molar-refractivity contribution in [1.29, 1.82) is 0 Å². The van der Waals surface area contributed by atoms with Crippen LogP contribution in [-0.4, -0.2) is 29.5 Å². The van der Waals surface area contributed by atoms with Gasteiger partial charge in [-0.25, -0.2) is 4.98 Å². The molecule has 0 amide bonds. The van der Waals surface area contributed by atoms with Crippen molar-refractivity contribution in [2.75, 3.05) is 0 Å². The van der Waals surface area contributed by atoms with Crippen LogP contribution in [0.4, 0.5) is 0 Å². The number of nitrogens with zero attached hydrogens (tertiary/aromatic N) is 6. The van der Waals surface area contributed by atoms with Crippen LogP contribution < -0.4 is 0 Å². The van der Waals surface area contributed by atoms with Crippen LogP contribution in [0.15, 0.2) is 148 Å². The molecule has 70 heavy (non-hydrogen) atoms. The molecule has 0 atom stereocenters. The van der Waals surface area contributed by atoms with Gasteiger partial charge in [-0.1, -0.05) is 109 Å². The third-order valence-corrected chi connectivity index (χ3v) is 12.7. The van der Waals surface area contributed by atoms with Gasteiger partial charge in [0.05, 0.1) is 33.8 Å². The predicted molar refractivity (Wildman–Crippen MR) is 281 cm³/mol. The molecule has 0 aliphatic rings. The first-order valence-corrected chi connectivity index (χ1v) is 23.2. The third kappa shape index (κ3) is 8.17. The maximum absolute atomic E-state index is 8.61. The van der Waals surface area contributed by atoms with E-state index in [-0.39, 0.29) is 59.9 Å². The zero-order valence-corrected chi connectivity index (χ0v) is 42.2. The van der Waals surface area contributed by atoms with Crippen molar-refractivity contribution in [3.63, 3.8) is 0 Å². The molecule has 0 N–H and O–H groups in total. The van der Waals surface area contributed by atoms with E-state index in [9.17, 15) is 0 Å². The van der Waals surface area contributed by atoms with Crippen molar-refractivity contribution < 1.29 is 37.2 Å². The molecule has 8 nitrogen and oxygen atoms in total. The van der Waals surface area contributed by atoms with Gasteiger partial charge in [0.2, 0.25) is 5.71 Å². The summed E-state index contributed by atoms with van der Waals surface area (Å²) in [5.74, 6) is 1.32. The van der Waals surface area contributed by atoms with E-state index < -0.39 is 13.7 Å². The van der Waals surface area contributed by atoms with Crippen molar-refractivity contribution in [2.24, 2.45) is 0 Å². The number of aryl methyl sites for hydroxylation is 2. The molecule has 0 unspecified atom stereocenters. The van der Waals surface area contributed by atoms with Crippen LogP contribution >= 0.6 is 0 Å². The molecule has 0 saturated carbocycles. The minimum atomic E-state index is -2.52. The maximum atomic E-state index is 8.61. The standard InChI is InChI=1S/C47H37N4O2.C14H15N2.Ir/c1-25(2)34-22-30(29-12-8-7-9-13-29)23-35(26(3)4)43(34)51-44-31-19-17-28(6)48-37(31)20-21-38(44)49-46(51)33-18-16-27(5)41-36-24-40-42(50-47(36)53-45(33)41)32-14-10-11-15-39(32)52-40;1-14(2,3)12-9-10-15-13(16-12)11-7-5-4-6-8-11;/h7-17,19-26H,1-6H3;4-7,9-10H,1-3H3;/q2*-1;/i5D3,6D3;;. The molecule has 1 radical (unpaired) electrons. The number of fused-ring (bicyclic) bond motifs is 9. The van der Waals surface area contributed by atoms with Crippen LogP contribution in [0.25, 0.3) is 106 Å². The van der Waals surface area contributed by atoms with E-state index in [0.29, 0.717) is 55.3 Å². The summed E-state index contributed by atoms with van der Waals surface area (Å²) in [5, 5.41) is 2.40. The zero-order chi connectivity index (χ0) is 52.7. The molecule has 0 saturated heterocycles. The minimum Gasteiger partial charge on any atom is -0.486 e. The van der Waals surface area contributed by atoms with Crippen molar-refractivity contribution in [2.45, 2.75) is 79.4 Å². The summed E-state index contributed by atoms with van der Waals surface area (Å²) in [6.07, 6.45) is 1.81. The Morgan fingerprint density at radius 3 is 2.14 bits per heavy atom. The number of rotatable bonds is 6. The van der Waals surface area contributed by atoms with Gasteiger partial charge in [0, 0.05) is 73.2 Å². The van der Waals surface area contributed by atoms with E-state index in [1.54, 1.807) is 18.2 Å². The van der Waals surface area contributed by atoms with Gasteiger partial charge < -0.3 is 13.4 Å². The van der Waals surface area contributed by atoms with E-state index in [2.05, 4.69) is 104 Å². The van der Waals surface area contributed by atoms with Crippen molar-refractivity contribution in [3.05, 3.63) is 180 Å². The number of aromatic nitrogens is 6. The minimum absolute atomic E-state index is 0. The summed E-state index contributed by atoms with van der Waals surface area (Å²) in [6.45, 7) is 10.2. The molecule has 6 aromatic heterocycles. The summed E-state index contributed by atoms with van der Waals surface area (Å²) in [7, 11) is 0. The Bertz CT molecular complexity index is 4130. The molecule has 0 bridgehead atoms. The predicted octanol–water partition coefficient (Wildman–Crippen LogP) is 16.0. The van der Waals surface area contributed by atoms with Crippen LogP contribution in [0.3, 0.4) is 0 Å². The van der Waals surface area contributed by atoms with E-state index >= 15 is 0 Å². The van der Waals surface area contributed by atoms with Crippen LogP contribution in [0.5, 0.6) is 0 Å². The number of benzene rings is 6. The first-order valence-electron chi connectivity index (χ1n) is 26.2. The molecule has 6 aromatic carbocycles. The fourth-order valence-corrected chi connectivity index (χ4v) is 9.25. The van der Waals surface area contributed by atoms with E-state index in [1.807, 2.05) is 91.1 Å². The average molecular weight is 1100 g/mol. The molecule has 349 valence electrons. The fourth-order valence-electron chi connectivity index (χ4n) is 9.25. The van der Waals surface area contributed by atoms with Crippen LogP contribution in [-0.2, 0) is 25.5 Å². The summed E-state index contributed by atoms with van der Waals surface area (Å²) in [4.78, 5) is 23.7. The SMILES string of the molecule is CC(C)(C)c1ccnc(-c2[c-]cccc2)n1.[2H]C([2H])([2H])c1ccc2c(ccc3nc(-c4[c-]cc(C([2H])([2H])[2H])c5c4oc4nc6c(cc45)oc4ccccc46)n(-c4c(C(C)C)cc(-c5ccccc5)cc4C(C)C)c32)n1.[Ir]. The maximum Gasteiger partial charge on any atom is 0.216 e. The molecular formula is C61H52IrN6O2-2. The summed E-state index contributed by atoms with van der Waals surface area (Å²) in [6, 6.07) is 48.9. The third-order valence-electron chi connectivity index (χ3n) is 12.7. The van der Waals surface area contributed by atoms with Crippen molar-refractivity contribution in [3.8, 4) is 39.6 Å². The molecule has 0 aliphatic carbocycles. The van der Waals surface area contributed by atoms with Gasteiger partial charge in [0.15, 0.2) is 5.58 Å². The molecule has 12 aromatic rings. The molecule has 6 heterocycles. The second-order valence-corrected chi connectivity index (χ2v) is 19.1. The first kappa shape index (κ1) is 39.5. The Kier molecular flexibility index (Phi) is 10.3. The number of hydrogen-bond acceptors (Lipinski definition) is 7. The zero-order valence-electron chi connectivity index (χ0n) is 45.8. The Labute approximate surface area is 429 Å². The summed E-state index contributed by atoms with van der Waals surface area (Å²) < 4.78 is 65.1. The molecule has 9 heteroatoms. The van der Waals surface area contributed by atoms with Gasteiger partial charge in [-0.05, 0) is 102 Å². The number of para-hydroxylation sites is 1. The van der Waals surface area contributed by atoms with Gasteiger partial charge in [-0.2, -0.15) is 0 Å². The molecular weight excluding hydrogens is 1040 g/mol. The largest absolute Gasteiger partial charge is 0.486 e. The van der Waals surface area contributed by atoms with Gasteiger partial charge in [-0.3, -0.25) is 19.9 Å². The topological polar surface area (TPSA) is 95.7 Å². The van der Waals surface area contributed by atoms with Crippen LogP contribution in [0, 0.1) is 25.8 Å². The second kappa shape index (κ2) is 18.2. The number of imidazole rings is 1. The second-order valence-electron chi connectivity index (χ2n) is 19.1. The number of pyridine rings is 2. The number of furan rings is 2. The summed E-state index contributed by atoms with van der Waals surface area (Å²) >= 11 is 0. The van der Waals surface area contributed by atoms with Crippen LogP contribution in [0.2, 0.25) is 0 Å². The van der Waals surface area contributed by atoms with Crippen molar-refractivity contribution in [1.82, 2.24) is 29.5 Å². The van der Waals surface area contributed by atoms with Gasteiger partial charge in [-0.15, -0.1) is 53.6 Å². The normalized spacial score (nSPS) is 13.6. The van der Waals surface area contributed by atoms with E-state index in [1.165, 1.54) is 6.07 Å². The number of hydrogen-bond donors (Lipinski definition) is 0. The molecule has 12 rings (SSSR count). The van der Waals surface area contributed by atoms with E-state index in [0.717, 1.165) is 55.9 Å². The summed E-state index contributed by atoms with van der Waals surface area (Å²) in [5.41, 5.74) is 11.9. The van der Waals surface area contributed by atoms with Gasteiger partial charge >= 0.3 is 0 Å². The van der Waals surface area contributed by atoms with Crippen molar-refractivity contribution >= 4 is 66.1 Å². The Balaban J connectivity index is 0.000000331. The molecule has 0 spiro atoms. The molecule has 0 fully saturated rings. The van der Waals surface area contributed by atoms with Gasteiger partial charge in [0.25, 0.3) is 0 Å². The van der Waals surface area contributed by atoms with Crippen LogP contribution in [0.1, 0.15) is 96.6 Å². The van der Waals surface area contributed by atoms with E-state index in [4.69, 9.17) is 27.0 Å². The smallest absolute Gasteiger partial charge is 0.216 e. The quantitative estimate of drug-likeness (QED) is 0.153. The molecule has 0 aliphatic heterocycles. The Morgan fingerprint density at radius 1 is 0.657 bits per heavy atom. The average Bonchev–Trinajstić information content (AvgIpc) is 4.15. The fraction of sp³-hybridized carbons (Fsp3) is 0.197. The van der Waals surface area contributed by atoms with Gasteiger partial charge in [0.1, 0.15) is 11.1 Å². The Morgan fingerprint density at radius 2 is 1.41 bits per heavy atom. The monoisotopic (exact) mass is 1100 g/mol.